The third kappa shape index (κ3) is 2.67. The molecule has 1 fully saturated rings. The molecule has 3 heteroatoms. The third-order valence-electron chi connectivity index (χ3n) is 3.63. The lowest BCUT2D eigenvalue weighted by molar-refractivity contribution is -0.124. The summed E-state index contributed by atoms with van der Waals surface area (Å²) in [5.74, 6) is 0.00745. The largest absolute Gasteiger partial charge is 0.394 e. The van der Waals surface area contributed by atoms with Crippen LogP contribution in [0.4, 0.5) is 0 Å². The summed E-state index contributed by atoms with van der Waals surface area (Å²) in [6.45, 7) is 2.06. The molecule has 1 aromatic rings. The number of carbonyl (C=O) groups excluding carboxylic acids is 1. The van der Waals surface area contributed by atoms with Crippen molar-refractivity contribution in [3.8, 4) is 0 Å². The lowest BCUT2D eigenvalue weighted by Crippen LogP contribution is -2.56. The summed E-state index contributed by atoms with van der Waals surface area (Å²) >= 11 is 0. The van der Waals surface area contributed by atoms with Crippen LogP contribution in [-0.4, -0.2) is 23.2 Å². The lowest BCUT2D eigenvalue weighted by Gasteiger charge is -2.41. The van der Waals surface area contributed by atoms with Gasteiger partial charge in [0.2, 0.25) is 5.91 Å². The van der Waals surface area contributed by atoms with Crippen molar-refractivity contribution >= 4 is 5.91 Å². The minimum Gasteiger partial charge on any atom is -0.394 e. The van der Waals surface area contributed by atoms with Crippen LogP contribution in [0.5, 0.6) is 0 Å². The number of benzene rings is 1. The van der Waals surface area contributed by atoms with E-state index in [2.05, 4.69) is 5.32 Å². The van der Waals surface area contributed by atoms with Crippen molar-refractivity contribution in [2.45, 2.75) is 38.1 Å². The van der Waals surface area contributed by atoms with Crippen LogP contribution in [0.15, 0.2) is 24.3 Å². The lowest BCUT2D eigenvalue weighted by atomic mass is 9.77. The predicted molar refractivity (Wildman–Crippen MR) is 66.7 cm³/mol. The van der Waals surface area contributed by atoms with Crippen molar-refractivity contribution in [2.75, 3.05) is 6.61 Å². The second-order valence-corrected chi connectivity index (χ2v) is 4.94. The molecule has 0 radical (unpaired) electrons. The fraction of sp³-hybridized carbons (Fsp3) is 0.500. The number of hydrogen-bond acceptors (Lipinski definition) is 2. The summed E-state index contributed by atoms with van der Waals surface area (Å²) in [7, 11) is 0. The molecule has 0 unspecified atom stereocenters. The Hall–Kier alpha value is -1.35. The van der Waals surface area contributed by atoms with Gasteiger partial charge in [0.05, 0.1) is 18.6 Å². The molecule has 0 saturated heterocycles. The SMILES string of the molecule is Cc1ccccc1CC(=O)NC1(CO)CCC1. The number of rotatable bonds is 4. The highest BCUT2D eigenvalue weighted by Crippen LogP contribution is 2.31. The number of hydrogen-bond donors (Lipinski definition) is 2. The molecule has 92 valence electrons. The van der Waals surface area contributed by atoms with Crippen LogP contribution in [-0.2, 0) is 11.2 Å². The average Bonchev–Trinajstić information content (AvgIpc) is 2.27. The molecule has 1 aromatic carbocycles. The molecule has 0 aliphatic heterocycles. The molecule has 0 spiro atoms. The van der Waals surface area contributed by atoms with Crippen molar-refractivity contribution < 1.29 is 9.90 Å². The number of aliphatic hydroxyl groups is 1. The van der Waals surface area contributed by atoms with Crippen molar-refractivity contribution in [2.24, 2.45) is 0 Å². The molecule has 1 aliphatic carbocycles. The summed E-state index contributed by atoms with van der Waals surface area (Å²) in [6, 6.07) is 7.90. The summed E-state index contributed by atoms with van der Waals surface area (Å²) in [5.41, 5.74) is 1.85. The summed E-state index contributed by atoms with van der Waals surface area (Å²) in [4.78, 5) is 11.9. The van der Waals surface area contributed by atoms with Gasteiger partial charge in [-0.05, 0) is 37.3 Å². The van der Waals surface area contributed by atoms with Crippen LogP contribution >= 0.6 is 0 Å². The van der Waals surface area contributed by atoms with Gasteiger partial charge >= 0.3 is 0 Å². The third-order valence-corrected chi connectivity index (χ3v) is 3.63. The molecular formula is C14H19NO2. The molecular weight excluding hydrogens is 214 g/mol. The Kier molecular flexibility index (Phi) is 3.48. The van der Waals surface area contributed by atoms with Crippen LogP contribution in [0.2, 0.25) is 0 Å². The first kappa shape index (κ1) is 12.1. The van der Waals surface area contributed by atoms with Crippen molar-refractivity contribution in [1.82, 2.24) is 5.32 Å². The number of amides is 1. The van der Waals surface area contributed by atoms with Gasteiger partial charge in [-0.25, -0.2) is 0 Å². The molecule has 0 aromatic heterocycles. The monoisotopic (exact) mass is 233 g/mol. The van der Waals surface area contributed by atoms with Gasteiger partial charge in [0.1, 0.15) is 0 Å². The van der Waals surface area contributed by atoms with E-state index in [0.29, 0.717) is 6.42 Å². The molecule has 1 aliphatic rings. The molecule has 0 heterocycles. The van der Waals surface area contributed by atoms with Crippen LogP contribution in [0, 0.1) is 6.92 Å². The maximum absolute atomic E-state index is 11.9. The molecule has 2 rings (SSSR count). The second kappa shape index (κ2) is 4.88. The highest BCUT2D eigenvalue weighted by Gasteiger charge is 2.37. The van der Waals surface area contributed by atoms with Crippen LogP contribution in [0.25, 0.3) is 0 Å². The van der Waals surface area contributed by atoms with E-state index in [0.717, 1.165) is 30.4 Å². The van der Waals surface area contributed by atoms with Crippen LogP contribution in [0.1, 0.15) is 30.4 Å². The zero-order valence-electron chi connectivity index (χ0n) is 10.2. The Morgan fingerprint density at radius 1 is 1.41 bits per heavy atom. The molecule has 0 bridgehead atoms. The molecule has 17 heavy (non-hydrogen) atoms. The van der Waals surface area contributed by atoms with E-state index in [1.807, 2.05) is 31.2 Å². The number of carbonyl (C=O) groups is 1. The Bertz CT molecular complexity index is 405. The normalized spacial score (nSPS) is 17.3. The van der Waals surface area contributed by atoms with Gasteiger partial charge in [0.15, 0.2) is 0 Å². The van der Waals surface area contributed by atoms with Crippen molar-refractivity contribution in [3.63, 3.8) is 0 Å². The van der Waals surface area contributed by atoms with E-state index in [4.69, 9.17) is 0 Å². The molecule has 2 N–H and O–H groups in total. The first-order valence-corrected chi connectivity index (χ1v) is 6.12. The van der Waals surface area contributed by atoms with Crippen LogP contribution < -0.4 is 5.32 Å². The highest BCUT2D eigenvalue weighted by molar-refractivity contribution is 5.79. The van der Waals surface area contributed by atoms with Gasteiger partial charge in [-0.15, -0.1) is 0 Å². The van der Waals surface area contributed by atoms with Crippen LogP contribution in [0.3, 0.4) is 0 Å². The Morgan fingerprint density at radius 2 is 2.12 bits per heavy atom. The smallest absolute Gasteiger partial charge is 0.224 e. The zero-order valence-corrected chi connectivity index (χ0v) is 10.2. The molecule has 0 atom stereocenters. The predicted octanol–water partition coefficient (Wildman–Crippen LogP) is 1.57. The maximum Gasteiger partial charge on any atom is 0.224 e. The summed E-state index contributed by atoms with van der Waals surface area (Å²) < 4.78 is 0. The van der Waals surface area contributed by atoms with Gasteiger partial charge < -0.3 is 10.4 Å². The van der Waals surface area contributed by atoms with E-state index in [9.17, 15) is 9.90 Å². The van der Waals surface area contributed by atoms with Gasteiger partial charge in [-0.1, -0.05) is 24.3 Å². The van der Waals surface area contributed by atoms with E-state index in [-0.39, 0.29) is 18.1 Å². The Labute approximate surface area is 102 Å². The van der Waals surface area contributed by atoms with Crippen molar-refractivity contribution in [3.05, 3.63) is 35.4 Å². The summed E-state index contributed by atoms with van der Waals surface area (Å²) in [5, 5.41) is 12.3. The van der Waals surface area contributed by atoms with Crippen molar-refractivity contribution in [1.29, 1.82) is 0 Å². The minimum atomic E-state index is -0.334. The Morgan fingerprint density at radius 3 is 2.65 bits per heavy atom. The zero-order chi connectivity index (χ0) is 12.3. The first-order chi connectivity index (χ1) is 8.15. The first-order valence-electron chi connectivity index (χ1n) is 6.12. The van der Waals surface area contributed by atoms with Gasteiger partial charge in [0, 0.05) is 0 Å². The topological polar surface area (TPSA) is 49.3 Å². The van der Waals surface area contributed by atoms with Gasteiger partial charge in [-0.3, -0.25) is 4.79 Å². The van der Waals surface area contributed by atoms with Gasteiger partial charge in [-0.2, -0.15) is 0 Å². The average molecular weight is 233 g/mol. The van der Waals surface area contributed by atoms with E-state index in [1.165, 1.54) is 0 Å². The molecule has 1 saturated carbocycles. The fourth-order valence-electron chi connectivity index (χ4n) is 2.25. The second-order valence-electron chi connectivity index (χ2n) is 4.94. The standard InChI is InChI=1S/C14H19NO2/c1-11-5-2-3-6-12(11)9-13(17)15-14(10-16)7-4-8-14/h2-3,5-6,16H,4,7-10H2,1H3,(H,15,17). The minimum absolute atomic E-state index is 0.00745. The highest BCUT2D eigenvalue weighted by atomic mass is 16.3. The van der Waals surface area contributed by atoms with E-state index < -0.39 is 0 Å². The van der Waals surface area contributed by atoms with E-state index >= 15 is 0 Å². The number of nitrogens with one attached hydrogen (secondary N) is 1. The number of aryl methyl sites for hydroxylation is 1. The maximum atomic E-state index is 11.9. The number of aliphatic hydroxyl groups excluding tert-OH is 1. The van der Waals surface area contributed by atoms with Gasteiger partial charge in [0.25, 0.3) is 0 Å². The molecule has 3 nitrogen and oxygen atoms in total. The quantitative estimate of drug-likeness (QED) is 0.829. The molecule has 1 amide bonds. The Balaban J connectivity index is 1.96. The fourth-order valence-corrected chi connectivity index (χ4v) is 2.25. The van der Waals surface area contributed by atoms with E-state index in [1.54, 1.807) is 0 Å². The summed E-state index contributed by atoms with van der Waals surface area (Å²) in [6.07, 6.45) is 3.27.